The summed E-state index contributed by atoms with van der Waals surface area (Å²) in [5, 5.41) is 3.39. The van der Waals surface area contributed by atoms with Crippen LogP contribution < -0.4 is 10.9 Å². The van der Waals surface area contributed by atoms with Gasteiger partial charge in [0.1, 0.15) is 5.82 Å². The number of hydrogen-bond donors (Lipinski definition) is 2. The summed E-state index contributed by atoms with van der Waals surface area (Å²) in [6, 6.07) is 12.9. The van der Waals surface area contributed by atoms with Gasteiger partial charge in [-0.2, -0.15) is 0 Å². The third kappa shape index (κ3) is 4.23. The maximum atomic E-state index is 14.5. The second-order valence-corrected chi connectivity index (χ2v) is 7.04. The molecule has 2 aromatic carbocycles. The van der Waals surface area contributed by atoms with Gasteiger partial charge in [-0.3, -0.25) is 14.4 Å². The molecule has 3 aromatic rings. The van der Waals surface area contributed by atoms with Crippen LogP contribution in [0.1, 0.15) is 15.9 Å². The Hall–Kier alpha value is -3.52. The Morgan fingerprint density at radius 3 is 2.63 bits per heavy atom. The van der Waals surface area contributed by atoms with Crippen molar-refractivity contribution < 1.29 is 18.7 Å². The molecule has 1 aromatic heterocycles. The van der Waals surface area contributed by atoms with E-state index in [1.54, 1.807) is 12.1 Å². The predicted octanol–water partition coefficient (Wildman–Crippen LogP) is 2.32. The number of rotatable bonds is 4. The molecule has 0 atom stereocenters. The highest BCUT2D eigenvalue weighted by Gasteiger charge is 2.21. The zero-order valence-corrected chi connectivity index (χ0v) is 16.1. The Bertz CT molecular complexity index is 1170. The number of H-pyrrole nitrogens is 1. The second-order valence-electron chi connectivity index (χ2n) is 7.04. The number of nitrogens with one attached hydrogen (secondary N) is 2. The molecule has 0 bridgehead atoms. The molecule has 1 aliphatic rings. The highest BCUT2D eigenvalue weighted by atomic mass is 19.1. The second kappa shape index (κ2) is 8.46. The topological polar surface area (TPSA) is 91.5 Å². The number of aromatic nitrogens is 1. The van der Waals surface area contributed by atoms with E-state index in [2.05, 4.69) is 10.3 Å². The Morgan fingerprint density at radius 2 is 1.87 bits per heavy atom. The number of carbonyl (C=O) groups is 2. The maximum absolute atomic E-state index is 14.5. The summed E-state index contributed by atoms with van der Waals surface area (Å²) in [7, 11) is 0. The Kier molecular flexibility index (Phi) is 5.58. The van der Waals surface area contributed by atoms with E-state index < -0.39 is 17.6 Å². The molecule has 154 valence electrons. The summed E-state index contributed by atoms with van der Waals surface area (Å²) in [5.74, 6) is -1.58. The molecule has 0 aliphatic carbocycles. The van der Waals surface area contributed by atoms with Crippen molar-refractivity contribution >= 4 is 28.4 Å². The van der Waals surface area contributed by atoms with Crippen LogP contribution in [-0.4, -0.2) is 48.0 Å². The van der Waals surface area contributed by atoms with Crippen molar-refractivity contribution in [2.75, 3.05) is 31.6 Å². The first-order valence-corrected chi connectivity index (χ1v) is 9.58. The van der Waals surface area contributed by atoms with Crippen LogP contribution in [0.3, 0.4) is 0 Å². The van der Waals surface area contributed by atoms with Gasteiger partial charge in [0.15, 0.2) is 0 Å². The summed E-state index contributed by atoms with van der Waals surface area (Å²) in [6.45, 7) is 1.68. The number of morpholine rings is 1. The molecule has 1 fully saturated rings. The van der Waals surface area contributed by atoms with E-state index in [-0.39, 0.29) is 23.2 Å². The predicted molar refractivity (Wildman–Crippen MR) is 110 cm³/mol. The lowest BCUT2D eigenvalue weighted by atomic mass is 10.1. The molecule has 0 unspecified atom stereocenters. The number of para-hydroxylation sites is 1. The molecule has 2 N–H and O–H groups in total. The largest absolute Gasteiger partial charge is 0.378 e. The first-order chi connectivity index (χ1) is 14.5. The summed E-state index contributed by atoms with van der Waals surface area (Å²) in [4.78, 5) is 41.3. The molecule has 8 heteroatoms. The molecule has 1 aliphatic heterocycles. The molecule has 0 spiro atoms. The van der Waals surface area contributed by atoms with Gasteiger partial charge in [0.25, 0.3) is 11.5 Å². The molecule has 30 heavy (non-hydrogen) atoms. The fraction of sp³-hybridized carbons (Fsp3) is 0.227. The van der Waals surface area contributed by atoms with Gasteiger partial charge in [0, 0.05) is 29.9 Å². The molecule has 2 heterocycles. The normalized spacial score (nSPS) is 14.0. The quantitative estimate of drug-likeness (QED) is 0.692. The Labute approximate surface area is 171 Å². The molecule has 4 rings (SSSR count). The smallest absolute Gasteiger partial charge is 0.256 e. The molecular weight excluding hydrogens is 389 g/mol. The van der Waals surface area contributed by atoms with Gasteiger partial charge in [-0.15, -0.1) is 0 Å². The summed E-state index contributed by atoms with van der Waals surface area (Å²) >= 11 is 0. The molecule has 0 radical (unpaired) electrons. The van der Waals surface area contributed by atoms with Crippen molar-refractivity contribution in [3.05, 3.63) is 75.8 Å². The zero-order valence-electron chi connectivity index (χ0n) is 16.1. The summed E-state index contributed by atoms with van der Waals surface area (Å²) in [5.41, 5.74) is 0.815. The number of carbonyl (C=O) groups excluding carboxylic acids is 2. The lowest BCUT2D eigenvalue weighted by Crippen LogP contribution is -2.41. The van der Waals surface area contributed by atoms with E-state index in [1.165, 1.54) is 17.0 Å². The fourth-order valence-corrected chi connectivity index (χ4v) is 3.41. The van der Waals surface area contributed by atoms with E-state index in [1.807, 2.05) is 18.2 Å². The van der Waals surface area contributed by atoms with Crippen LogP contribution in [0.5, 0.6) is 0 Å². The zero-order chi connectivity index (χ0) is 21.1. The van der Waals surface area contributed by atoms with E-state index in [0.29, 0.717) is 37.4 Å². The van der Waals surface area contributed by atoms with Crippen molar-refractivity contribution in [2.24, 2.45) is 0 Å². The standard InChI is InChI=1S/C22H20FN3O4/c23-18-13-16(5-6-17(18)22(29)26-7-9-30-10-8-26)24-20(27)12-15-11-14-3-1-2-4-19(14)25-21(15)28/h1-6,11,13H,7-10,12H2,(H,24,27)(H,25,28). The van der Waals surface area contributed by atoms with E-state index in [4.69, 9.17) is 4.74 Å². The Morgan fingerprint density at radius 1 is 1.10 bits per heavy atom. The number of ether oxygens (including phenoxy) is 1. The van der Waals surface area contributed by atoms with Crippen LogP contribution >= 0.6 is 0 Å². The number of aromatic amines is 1. The Balaban J connectivity index is 1.46. The monoisotopic (exact) mass is 409 g/mol. The van der Waals surface area contributed by atoms with Crippen LogP contribution in [-0.2, 0) is 16.0 Å². The summed E-state index contributed by atoms with van der Waals surface area (Å²) in [6.07, 6.45) is -0.157. The van der Waals surface area contributed by atoms with E-state index in [9.17, 15) is 18.8 Å². The molecule has 1 saturated heterocycles. The average molecular weight is 409 g/mol. The van der Waals surface area contributed by atoms with E-state index in [0.717, 1.165) is 11.5 Å². The number of halogens is 1. The van der Waals surface area contributed by atoms with Gasteiger partial charge in [-0.05, 0) is 35.7 Å². The molecule has 2 amide bonds. The fourth-order valence-electron chi connectivity index (χ4n) is 3.41. The van der Waals surface area contributed by atoms with Gasteiger partial charge >= 0.3 is 0 Å². The number of fused-ring (bicyclic) bond motifs is 1. The minimum Gasteiger partial charge on any atom is -0.378 e. The van der Waals surface area contributed by atoms with Crippen molar-refractivity contribution in [3.63, 3.8) is 0 Å². The van der Waals surface area contributed by atoms with Crippen LogP contribution in [0, 0.1) is 5.82 Å². The molecule has 0 saturated carbocycles. The van der Waals surface area contributed by atoms with Crippen LogP contribution in [0.2, 0.25) is 0 Å². The molecule has 7 nitrogen and oxygen atoms in total. The van der Waals surface area contributed by atoms with Crippen LogP contribution in [0.15, 0.2) is 53.3 Å². The van der Waals surface area contributed by atoms with Crippen molar-refractivity contribution in [1.82, 2.24) is 9.88 Å². The molecular formula is C22H20FN3O4. The van der Waals surface area contributed by atoms with E-state index >= 15 is 0 Å². The third-order valence-corrected chi connectivity index (χ3v) is 4.96. The average Bonchev–Trinajstić information content (AvgIpc) is 2.74. The highest BCUT2D eigenvalue weighted by Crippen LogP contribution is 2.18. The van der Waals surface area contributed by atoms with Gasteiger partial charge in [-0.25, -0.2) is 4.39 Å². The number of amides is 2. The number of pyridine rings is 1. The minimum atomic E-state index is -0.715. The first-order valence-electron chi connectivity index (χ1n) is 9.58. The number of nitrogens with zero attached hydrogens (tertiary/aromatic N) is 1. The first kappa shape index (κ1) is 19.8. The van der Waals surface area contributed by atoms with Crippen molar-refractivity contribution in [1.29, 1.82) is 0 Å². The highest BCUT2D eigenvalue weighted by molar-refractivity contribution is 5.96. The maximum Gasteiger partial charge on any atom is 0.256 e. The van der Waals surface area contributed by atoms with Gasteiger partial charge in [-0.1, -0.05) is 18.2 Å². The lowest BCUT2D eigenvalue weighted by molar-refractivity contribution is -0.115. The number of benzene rings is 2. The van der Waals surface area contributed by atoms with Gasteiger partial charge in [0.05, 0.1) is 25.2 Å². The van der Waals surface area contributed by atoms with Crippen LogP contribution in [0.4, 0.5) is 10.1 Å². The van der Waals surface area contributed by atoms with Crippen molar-refractivity contribution in [2.45, 2.75) is 6.42 Å². The SMILES string of the molecule is O=C(Cc1cc2ccccc2[nH]c1=O)Nc1ccc(C(=O)N2CCOCC2)c(F)c1. The van der Waals surface area contributed by atoms with Crippen molar-refractivity contribution in [3.8, 4) is 0 Å². The third-order valence-electron chi connectivity index (χ3n) is 4.96. The van der Waals surface area contributed by atoms with Gasteiger partial charge < -0.3 is 19.9 Å². The number of anilines is 1. The van der Waals surface area contributed by atoms with Gasteiger partial charge in [0.2, 0.25) is 5.91 Å². The lowest BCUT2D eigenvalue weighted by Gasteiger charge is -2.27. The minimum absolute atomic E-state index is 0.0547. The number of hydrogen-bond acceptors (Lipinski definition) is 4. The van der Waals surface area contributed by atoms with Crippen LogP contribution in [0.25, 0.3) is 10.9 Å². The summed E-state index contributed by atoms with van der Waals surface area (Å²) < 4.78 is 19.7.